The van der Waals surface area contributed by atoms with Gasteiger partial charge in [0, 0.05) is 5.56 Å². The monoisotopic (exact) mass is 447 g/mol. The van der Waals surface area contributed by atoms with E-state index in [9.17, 15) is 23.6 Å². The molecular weight excluding hydrogens is 429 g/mol. The topological polar surface area (TPSA) is 90.0 Å². The van der Waals surface area contributed by atoms with Crippen molar-refractivity contribution in [3.8, 4) is 5.75 Å². The van der Waals surface area contributed by atoms with Gasteiger partial charge in [0.25, 0.3) is 11.8 Å². The van der Waals surface area contributed by atoms with Crippen LogP contribution in [0.5, 0.6) is 5.75 Å². The van der Waals surface area contributed by atoms with Gasteiger partial charge in [0.2, 0.25) is 0 Å². The minimum absolute atomic E-state index is 0.0403. The van der Waals surface area contributed by atoms with Crippen LogP contribution in [0.4, 0.5) is 4.39 Å². The van der Waals surface area contributed by atoms with Crippen molar-refractivity contribution in [2.45, 2.75) is 6.54 Å². The van der Waals surface area contributed by atoms with E-state index in [4.69, 9.17) is 9.47 Å². The number of hydrogen-bond acceptors (Lipinski definition) is 6. The molecule has 0 unspecified atom stereocenters. The average molecular weight is 447 g/mol. The van der Waals surface area contributed by atoms with Crippen LogP contribution in [-0.4, -0.2) is 42.2 Å². The number of benzene rings is 3. The quantitative estimate of drug-likeness (QED) is 0.312. The van der Waals surface area contributed by atoms with Crippen LogP contribution >= 0.6 is 0 Å². The lowest BCUT2D eigenvalue weighted by molar-refractivity contribution is 0.0471. The molecule has 3 aromatic carbocycles. The Bertz CT molecular complexity index is 1230. The maximum absolute atomic E-state index is 13.0. The van der Waals surface area contributed by atoms with E-state index in [0.717, 1.165) is 17.0 Å². The van der Waals surface area contributed by atoms with Crippen LogP contribution in [0, 0.1) is 5.82 Å². The number of halogens is 1. The van der Waals surface area contributed by atoms with Crippen molar-refractivity contribution in [2.75, 3.05) is 13.7 Å². The first-order valence-electron chi connectivity index (χ1n) is 9.97. The Kier molecular flexibility index (Phi) is 5.99. The van der Waals surface area contributed by atoms with E-state index < -0.39 is 36.0 Å². The third-order valence-electron chi connectivity index (χ3n) is 5.20. The minimum Gasteiger partial charge on any atom is -0.496 e. The summed E-state index contributed by atoms with van der Waals surface area (Å²) in [4.78, 5) is 51.2. The van der Waals surface area contributed by atoms with Gasteiger partial charge in [-0.25, -0.2) is 9.18 Å². The summed E-state index contributed by atoms with van der Waals surface area (Å²) in [5.74, 6) is -2.42. The lowest BCUT2D eigenvalue weighted by Gasteiger charge is -2.16. The molecule has 33 heavy (non-hydrogen) atoms. The number of hydrogen-bond donors (Lipinski definition) is 0. The molecule has 8 heteroatoms. The fraction of sp³-hybridized carbons (Fsp3) is 0.120. The second kappa shape index (κ2) is 9.04. The number of methoxy groups -OCH3 is 1. The Morgan fingerprint density at radius 2 is 1.55 bits per heavy atom. The molecule has 7 nitrogen and oxygen atoms in total. The number of fused-ring (bicyclic) bond motifs is 1. The molecule has 0 N–H and O–H groups in total. The van der Waals surface area contributed by atoms with Crippen molar-refractivity contribution < 1.29 is 33.0 Å². The van der Waals surface area contributed by atoms with E-state index in [0.29, 0.717) is 16.7 Å². The largest absolute Gasteiger partial charge is 0.496 e. The number of amides is 2. The van der Waals surface area contributed by atoms with Crippen LogP contribution in [0.3, 0.4) is 0 Å². The Morgan fingerprint density at radius 1 is 0.909 bits per heavy atom. The maximum atomic E-state index is 13.0. The summed E-state index contributed by atoms with van der Waals surface area (Å²) in [6, 6.07) is 16.0. The molecule has 1 heterocycles. The molecule has 0 aromatic heterocycles. The fourth-order valence-corrected chi connectivity index (χ4v) is 3.51. The van der Waals surface area contributed by atoms with E-state index in [1.807, 2.05) is 0 Å². The number of carbonyl (C=O) groups is 4. The standard InChI is InChI=1S/C25H18FNO6/c1-32-22-11-6-15(13-27-23(29)18-4-2-3-5-19(18)24(27)30)12-20(22)25(31)33-14-21(28)16-7-9-17(26)10-8-16/h2-12H,13-14H2,1H3. The molecule has 0 aliphatic carbocycles. The molecule has 3 aromatic rings. The van der Waals surface area contributed by atoms with E-state index in [1.54, 1.807) is 30.3 Å². The van der Waals surface area contributed by atoms with Crippen molar-refractivity contribution in [3.63, 3.8) is 0 Å². The molecule has 0 saturated heterocycles. The Balaban J connectivity index is 1.49. The zero-order chi connectivity index (χ0) is 23.5. The molecule has 0 atom stereocenters. The van der Waals surface area contributed by atoms with Crippen molar-refractivity contribution in [3.05, 3.63) is 100 Å². The van der Waals surface area contributed by atoms with Gasteiger partial charge in [-0.3, -0.25) is 19.3 Å². The van der Waals surface area contributed by atoms with Crippen LogP contribution in [0.1, 0.15) is 47.0 Å². The summed E-state index contributed by atoms with van der Waals surface area (Å²) in [7, 11) is 1.37. The first kappa shape index (κ1) is 21.9. The molecule has 0 radical (unpaired) electrons. The lowest BCUT2D eigenvalue weighted by Crippen LogP contribution is -2.29. The van der Waals surface area contributed by atoms with Crippen LogP contribution in [0.25, 0.3) is 0 Å². The van der Waals surface area contributed by atoms with Gasteiger partial charge in [-0.15, -0.1) is 0 Å². The maximum Gasteiger partial charge on any atom is 0.342 e. The van der Waals surface area contributed by atoms with E-state index in [-0.39, 0.29) is 23.4 Å². The van der Waals surface area contributed by atoms with Crippen LogP contribution in [-0.2, 0) is 11.3 Å². The highest BCUT2D eigenvalue weighted by molar-refractivity contribution is 6.21. The number of ether oxygens (including phenoxy) is 2. The van der Waals surface area contributed by atoms with Gasteiger partial charge in [-0.2, -0.15) is 0 Å². The molecule has 4 rings (SSSR count). The number of nitrogens with zero attached hydrogens (tertiary/aromatic N) is 1. The molecule has 1 aliphatic heterocycles. The zero-order valence-electron chi connectivity index (χ0n) is 17.5. The molecule has 1 aliphatic rings. The van der Waals surface area contributed by atoms with Crippen LogP contribution in [0.15, 0.2) is 66.7 Å². The summed E-state index contributed by atoms with van der Waals surface area (Å²) in [6.07, 6.45) is 0. The number of rotatable bonds is 7. The van der Waals surface area contributed by atoms with Crippen molar-refractivity contribution in [1.29, 1.82) is 0 Å². The molecule has 2 amide bonds. The van der Waals surface area contributed by atoms with Crippen LogP contribution in [0.2, 0.25) is 0 Å². The van der Waals surface area contributed by atoms with Gasteiger partial charge in [0.15, 0.2) is 12.4 Å². The van der Waals surface area contributed by atoms with E-state index >= 15 is 0 Å². The first-order chi connectivity index (χ1) is 15.9. The highest BCUT2D eigenvalue weighted by Crippen LogP contribution is 2.26. The van der Waals surface area contributed by atoms with Crippen molar-refractivity contribution in [1.82, 2.24) is 4.90 Å². The Morgan fingerprint density at radius 3 is 2.15 bits per heavy atom. The number of Topliss-reactive ketones (excluding diaryl/α,β-unsaturated/α-hetero) is 1. The zero-order valence-corrected chi connectivity index (χ0v) is 17.5. The summed E-state index contributed by atoms with van der Waals surface area (Å²) >= 11 is 0. The summed E-state index contributed by atoms with van der Waals surface area (Å²) in [5.41, 5.74) is 1.40. The van der Waals surface area contributed by atoms with Gasteiger partial charge in [0.05, 0.1) is 24.8 Å². The molecule has 0 fully saturated rings. The van der Waals surface area contributed by atoms with Crippen molar-refractivity contribution >= 4 is 23.6 Å². The lowest BCUT2D eigenvalue weighted by atomic mass is 10.1. The Labute approximate surface area is 188 Å². The van der Waals surface area contributed by atoms with Gasteiger partial charge in [-0.05, 0) is 54.1 Å². The van der Waals surface area contributed by atoms with Crippen molar-refractivity contribution in [2.24, 2.45) is 0 Å². The Hall–Kier alpha value is -4.33. The first-order valence-corrected chi connectivity index (χ1v) is 9.97. The normalized spacial score (nSPS) is 12.5. The minimum atomic E-state index is -0.813. The highest BCUT2D eigenvalue weighted by Gasteiger charge is 2.35. The second-order valence-corrected chi connectivity index (χ2v) is 7.28. The van der Waals surface area contributed by atoms with Gasteiger partial charge in [0.1, 0.15) is 17.1 Å². The van der Waals surface area contributed by atoms with Gasteiger partial charge in [-0.1, -0.05) is 18.2 Å². The molecule has 0 saturated carbocycles. The molecule has 0 spiro atoms. The summed E-state index contributed by atoms with van der Waals surface area (Å²) in [5, 5.41) is 0. The van der Waals surface area contributed by atoms with Gasteiger partial charge >= 0.3 is 5.97 Å². The fourth-order valence-electron chi connectivity index (χ4n) is 3.51. The second-order valence-electron chi connectivity index (χ2n) is 7.28. The summed E-state index contributed by atoms with van der Waals surface area (Å²) in [6.45, 7) is -0.596. The highest BCUT2D eigenvalue weighted by atomic mass is 19.1. The third kappa shape index (κ3) is 4.36. The predicted octanol–water partition coefficient (Wildman–Crippen LogP) is 3.67. The number of imide groups is 1. The SMILES string of the molecule is COc1ccc(CN2C(=O)c3ccccc3C2=O)cc1C(=O)OCC(=O)c1ccc(F)cc1. The average Bonchev–Trinajstić information content (AvgIpc) is 3.07. The predicted molar refractivity (Wildman–Crippen MR) is 115 cm³/mol. The number of carbonyl (C=O) groups excluding carboxylic acids is 4. The molecule has 0 bridgehead atoms. The number of ketones is 1. The molecular formula is C25H18FNO6. The van der Waals surface area contributed by atoms with E-state index in [1.165, 1.54) is 31.4 Å². The molecule has 166 valence electrons. The van der Waals surface area contributed by atoms with Crippen LogP contribution < -0.4 is 4.74 Å². The summed E-state index contributed by atoms with van der Waals surface area (Å²) < 4.78 is 23.4. The smallest absolute Gasteiger partial charge is 0.342 e. The van der Waals surface area contributed by atoms with Gasteiger partial charge < -0.3 is 9.47 Å². The number of esters is 1. The van der Waals surface area contributed by atoms with E-state index in [2.05, 4.69) is 0 Å². The third-order valence-corrected chi connectivity index (χ3v) is 5.20.